The number of nitrogens with zero attached hydrogens (tertiary/aromatic N) is 5. The summed E-state index contributed by atoms with van der Waals surface area (Å²) in [7, 11) is 5.67. The van der Waals surface area contributed by atoms with Gasteiger partial charge in [0.2, 0.25) is 41.4 Å². The van der Waals surface area contributed by atoms with Gasteiger partial charge in [0.15, 0.2) is 12.1 Å². The van der Waals surface area contributed by atoms with Crippen LogP contribution in [0, 0.1) is 29.6 Å². The summed E-state index contributed by atoms with van der Waals surface area (Å²) < 4.78 is 6.10. The Bertz CT molecular complexity index is 2430. The van der Waals surface area contributed by atoms with Gasteiger partial charge in [-0.25, -0.2) is 4.79 Å². The Morgan fingerprint density at radius 1 is 0.557 bits per heavy atom. The second kappa shape index (κ2) is 28.7. The van der Waals surface area contributed by atoms with Crippen molar-refractivity contribution < 1.29 is 53.0 Å². The first kappa shape index (κ1) is 65.2. The Hall–Kier alpha value is -6.37. The third-order valence-electron chi connectivity index (χ3n) is 16.3. The van der Waals surface area contributed by atoms with E-state index >= 15 is 9.59 Å². The number of rotatable bonds is 13. The molecule has 0 aromatic heterocycles. The molecule has 19 heteroatoms. The zero-order valence-electron chi connectivity index (χ0n) is 49.8. The Labute approximate surface area is 469 Å². The van der Waals surface area contributed by atoms with Gasteiger partial charge in [0.05, 0.1) is 5.60 Å². The predicted molar refractivity (Wildman–Crippen MR) is 301 cm³/mol. The summed E-state index contributed by atoms with van der Waals surface area (Å²) in [6.45, 7) is 20.5. The Morgan fingerprint density at radius 3 is 1.47 bits per heavy atom. The molecule has 2 aromatic rings. The molecule has 79 heavy (non-hydrogen) atoms. The molecule has 0 radical (unpaired) electrons. The van der Waals surface area contributed by atoms with Gasteiger partial charge in [-0.1, -0.05) is 143 Å². The predicted octanol–water partition coefficient (Wildman–Crippen LogP) is 4.37. The quantitative estimate of drug-likeness (QED) is 0.206. The molecule has 2 aliphatic heterocycles. The van der Waals surface area contributed by atoms with Gasteiger partial charge in [-0.05, 0) is 67.9 Å². The number of hydrogen-bond acceptors (Lipinski definition) is 11. The van der Waals surface area contributed by atoms with Crippen LogP contribution in [-0.2, 0) is 60.7 Å². The molecule has 0 saturated carbocycles. The molecule has 2 fully saturated rings. The number of cyclic esters (lactones) is 1. The highest BCUT2D eigenvalue weighted by Crippen LogP contribution is 2.27. The summed E-state index contributed by atoms with van der Waals surface area (Å²) in [6, 6.07) is 8.09. The molecule has 4 rings (SSSR count). The van der Waals surface area contributed by atoms with E-state index in [1.54, 1.807) is 79.7 Å². The summed E-state index contributed by atoms with van der Waals surface area (Å²) in [5, 5.41) is 20.5. The largest absolute Gasteiger partial charge is 0.450 e. The minimum atomic E-state index is -1.97. The zero-order chi connectivity index (χ0) is 59.4. The van der Waals surface area contributed by atoms with Crippen molar-refractivity contribution in [2.75, 3.05) is 34.7 Å². The first-order valence-electron chi connectivity index (χ1n) is 28.3. The number of benzene rings is 2. The summed E-state index contributed by atoms with van der Waals surface area (Å²) in [4.78, 5) is 141. The van der Waals surface area contributed by atoms with E-state index in [4.69, 9.17) is 4.74 Å². The standard InChI is InChI=1S/C60H92N8O11/c1-17-37(8)45-56(74)65(14)48(36(6)7)53(71)63-46(38(9)18-2)57(75)67(16)50(60(11,12)78)59(77)79-49(39(10)19-3)58(76)66(15)47(35(4)5)52(70)61-42(33-40-27-22-20-23-28-40)54(72)64(13)44(34-41-29-24-21-25-30-41)55(73)68-32-26-31-43(68)51(69)62-45/h20-25,27-30,35-39,42-50,78H,17-19,26,31-34H2,1-16H3,(H,61,70)(H,62,69)(H,63,71)/t37?,38?,39?,42-,43-,44-,45-,46-,47-,48-,49+,50+/m0/s1. The number of fused-ring (bicyclic) bond motifs is 1. The minimum Gasteiger partial charge on any atom is -0.450 e. The molecule has 0 bridgehead atoms. The average Bonchev–Trinajstić information content (AvgIpc) is 3.95. The minimum absolute atomic E-state index is 0.00689. The van der Waals surface area contributed by atoms with Gasteiger partial charge in [-0.3, -0.25) is 38.4 Å². The molecule has 2 aliphatic rings. The van der Waals surface area contributed by atoms with Crippen molar-refractivity contribution >= 4 is 53.2 Å². The topological polar surface area (TPSA) is 235 Å². The normalized spacial score (nSPS) is 26.8. The second-order valence-electron chi connectivity index (χ2n) is 23.4. The van der Waals surface area contributed by atoms with Crippen molar-refractivity contribution in [1.29, 1.82) is 0 Å². The van der Waals surface area contributed by atoms with E-state index in [1.165, 1.54) is 61.6 Å². The third-order valence-corrected chi connectivity index (χ3v) is 16.3. The number of likely N-dealkylation sites (N-methyl/N-ethyl adjacent to an activating group) is 4. The molecule has 19 nitrogen and oxygen atoms in total. The number of carbonyl (C=O) groups is 9. The Morgan fingerprint density at radius 2 is 1.00 bits per heavy atom. The highest BCUT2D eigenvalue weighted by Gasteiger charge is 2.48. The summed E-state index contributed by atoms with van der Waals surface area (Å²) in [5.41, 5.74) is -0.554. The van der Waals surface area contributed by atoms with E-state index in [0.29, 0.717) is 31.2 Å². The maximum absolute atomic E-state index is 15.3. The number of nitrogens with one attached hydrogen (secondary N) is 3. The third kappa shape index (κ3) is 15.9. The SMILES string of the molecule is CCC(C)[C@@H]1NC(=O)[C@@H]2CCCN2C(=O)[C@H](Cc2ccccc2)N(C)C(=O)[C@H](Cc2ccccc2)NC(=O)[C@H](C(C)C)N(C)C(=O)[C@@H](C(C)CC)OC(=O)[C@H](C(C)(C)O)N(C)C(=O)[C@H](C(C)CC)NC(=O)[C@H](C(C)C)N(C)C1=O. The average molecular weight is 1100 g/mol. The maximum Gasteiger partial charge on any atom is 0.332 e. The molecule has 2 heterocycles. The van der Waals surface area contributed by atoms with Gasteiger partial charge in [-0.2, -0.15) is 0 Å². The van der Waals surface area contributed by atoms with Crippen LogP contribution < -0.4 is 16.0 Å². The van der Waals surface area contributed by atoms with Crippen LogP contribution in [0.2, 0.25) is 0 Å². The van der Waals surface area contributed by atoms with Gasteiger partial charge in [0, 0.05) is 53.5 Å². The number of carbonyl (C=O) groups excluding carboxylic acids is 9. The van der Waals surface area contributed by atoms with Crippen LogP contribution in [0.4, 0.5) is 0 Å². The van der Waals surface area contributed by atoms with Crippen LogP contribution in [0.15, 0.2) is 60.7 Å². The number of aliphatic hydroxyl groups is 1. The van der Waals surface area contributed by atoms with Crippen molar-refractivity contribution in [2.45, 2.75) is 188 Å². The van der Waals surface area contributed by atoms with Gasteiger partial charge < -0.3 is 50.3 Å². The molecule has 0 spiro atoms. The van der Waals surface area contributed by atoms with Gasteiger partial charge >= 0.3 is 5.97 Å². The summed E-state index contributed by atoms with van der Waals surface area (Å²) >= 11 is 0. The number of esters is 1. The van der Waals surface area contributed by atoms with Crippen LogP contribution in [0.1, 0.15) is 126 Å². The smallest absolute Gasteiger partial charge is 0.332 e. The van der Waals surface area contributed by atoms with Gasteiger partial charge in [0.25, 0.3) is 5.91 Å². The fraction of sp³-hybridized carbons (Fsp3) is 0.650. The van der Waals surface area contributed by atoms with Gasteiger partial charge in [0.1, 0.15) is 42.3 Å². The van der Waals surface area contributed by atoms with E-state index in [0.717, 1.165) is 10.5 Å². The highest BCUT2D eigenvalue weighted by molar-refractivity contribution is 5.99. The van der Waals surface area contributed by atoms with E-state index in [2.05, 4.69) is 16.0 Å². The summed E-state index contributed by atoms with van der Waals surface area (Å²) in [5.74, 6) is -9.01. The molecule has 0 aliphatic carbocycles. The van der Waals surface area contributed by atoms with Gasteiger partial charge in [-0.15, -0.1) is 0 Å². The Balaban J connectivity index is 1.98. The first-order chi connectivity index (χ1) is 37.0. The molecular formula is C60H92N8O11. The lowest BCUT2D eigenvalue weighted by Crippen LogP contribution is -2.63. The maximum atomic E-state index is 15.3. The van der Waals surface area contributed by atoms with Crippen LogP contribution in [0.3, 0.4) is 0 Å². The number of hydrogen-bond donors (Lipinski definition) is 4. The Kier molecular flexibility index (Phi) is 23.6. The van der Waals surface area contributed by atoms with E-state index in [-0.39, 0.29) is 25.8 Å². The second-order valence-corrected chi connectivity index (χ2v) is 23.4. The van der Waals surface area contributed by atoms with Crippen molar-refractivity contribution in [3.63, 3.8) is 0 Å². The van der Waals surface area contributed by atoms with Crippen LogP contribution in [0.25, 0.3) is 0 Å². The fourth-order valence-corrected chi connectivity index (χ4v) is 10.9. The van der Waals surface area contributed by atoms with E-state index in [9.17, 15) is 38.7 Å². The molecule has 2 saturated heterocycles. The number of amides is 8. The van der Waals surface area contributed by atoms with E-state index < -0.39 is 143 Å². The van der Waals surface area contributed by atoms with Crippen molar-refractivity contribution in [3.05, 3.63) is 71.8 Å². The van der Waals surface area contributed by atoms with E-state index in [1.807, 2.05) is 50.2 Å². The molecule has 3 unspecified atom stereocenters. The molecule has 12 atom stereocenters. The number of ether oxygens (including phenoxy) is 1. The van der Waals surface area contributed by atoms with Crippen molar-refractivity contribution in [3.8, 4) is 0 Å². The molecule has 2 aromatic carbocycles. The first-order valence-corrected chi connectivity index (χ1v) is 28.3. The fourth-order valence-electron chi connectivity index (χ4n) is 10.9. The van der Waals surface area contributed by atoms with Crippen LogP contribution in [-0.4, -0.2) is 178 Å². The molecular weight excluding hydrogens is 1010 g/mol. The lowest BCUT2D eigenvalue weighted by molar-refractivity contribution is -0.177. The van der Waals surface area contributed by atoms with Crippen molar-refractivity contribution in [2.24, 2.45) is 29.6 Å². The molecule has 8 amide bonds. The zero-order valence-corrected chi connectivity index (χ0v) is 49.8. The van der Waals surface area contributed by atoms with Crippen LogP contribution >= 0.6 is 0 Å². The molecule has 438 valence electrons. The summed E-state index contributed by atoms with van der Waals surface area (Å²) in [6.07, 6.45) is 0.398. The lowest BCUT2D eigenvalue weighted by atomic mass is 9.92. The lowest BCUT2D eigenvalue weighted by Gasteiger charge is -2.40. The van der Waals surface area contributed by atoms with Crippen LogP contribution in [0.5, 0.6) is 0 Å². The highest BCUT2D eigenvalue weighted by atomic mass is 16.6. The van der Waals surface area contributed by atoms with Crippen molar-refractivity contribution in [1.82, 2.24) is 40.4 Å². The monoisotopic (exact) mass is 1100 g/mol. The molecule has 4 N–H and O–H groups in total.